The second-order valence-corrected chi connectivity index (χ2v) is 16.3. The molecule has 8 aliphatic rings. The molecule has 2 saturated carbocycles. The van der Waals surface area contributed by atoms with Crippen molar-refractivity contribution >= 4 is 15.8 Å². The lowest BCUT2D eigenvalue weighted by molar-refractivity contribution is 0.183. The summed E-state index contributed by atoms with van der Waals surface area (Å²) in [6.45, 7) is 0. The normalized spacial score (nSPS) is 51.9. The maximum absolute atomic E-state index is 2.59. The Hall–Kier alpha value is 0.0800. The summed E-state index contributed by atoms with van der Waals surface area (Å²) >= 11 is 0. The second-order valence-electron chi connectivity index (χ2n) is 11.2. The molecule has 144 valence electrons. The van der Waals surface area contributed by atoms with Gasteiger partial charge in [0.25, 0.3) is 0 Å². The van der Waals surface area contributed by atoms with Crippen LogP contribution in [0.2, 0.25) is 0 Å². The molecule has 9 rings (SSSR count). The third kappa shape index (κ3) is 2.68. The Morgan fingerprint density at radius 3 is 1.89 bits per heavy atom. The molecule has 8 fully saturated rings. The van der Waals surface area contributed by atoms with E-state index in [4.69, 9.17) is 0 Å². The quantitative estimate of drug-likeness (QED) is 0.497. The van der Waals surface area contributed by atoms with Crippen LogP contribution >= 0.6 is 15.8 Å². The minimum absolute atomic E-state index is 0.303. The summed E-state index contributed by atoms with van der Waals surface area (Å²) in [5, 5.41) is 0. The Morgan fingerprint density at radius 2 is 1.26 bits per heavy atom. The fourth-order valence-electron chi connectivity index (χ4n) is 8.95. The van der Waals surface area contributed by atoms with Gasteiger partial charge in [-0.2, -0.15) is 0 Å². The van der Waals surface area contributed by atoms with Gasteiger partial charge >= 0.3 is 0 Å². The maximum atomic E-state index is 2.59. The summed E-state index contributed by atoms with van der Waals surface area (Å²) in [7, 11) is 0.667. The molecule has 0 aromatic heterocycles. The number of rotatable bonds is 3. The number of hydrogen-bond acceptors (Lipinski definition) is 0. The van der Waals surface area contributed by atoms with E-state index in [1.165, 1.54) is 6.42 Å². The van der Waals surface area contributed by atoms with Crippen LogP contribution in [0.4, 0.5) is 0 Å². The molecule has 0 amide bonds. The molecule has 1 aromatic carbocycles. The fraction of sp³-hybridized carbons (Fsp3) is 0.760. The Bertz CT molecular complexity index is 684. The first-order valence-corrected chi connectivity index (χ1v) is 15.4. The maximum Gasteiger partial charge on any atom is 0.00732 e. The molecule has 8 bridgehead atoms. The van der Waals surface area contributed by atoms with Crippen LogP contribution in [0.15, 0.2) is 24.3 Å². The van der Waals surface area contributed by atoms with Crippen molar-refractivity contribution in [3.8, 4) is 0 Å². The highest BCUT2D eigenvalue weighted by molar-refractivity contribution is 7.58. The highest BCUT2D eigenvalue weighted by Gasteiger charge is 2.50. The van der Waals surface area contributed by atoms with E-state index in [-0.39, 0.29) is 0 Å². The molecule has 6 heterocycles. The lowest BCUT2D eigenvalue weighted by atomic mass is 9.71. The number of hydrogen-bond donors (Lipinski definition) is 0. The van der Waals surface area contributed by atoms with E-state index in [9.17, 15) is 0 Å². The minimum Gasteiger partial charge on any atom is -0.102 e. The zero-order valence-electron chi connectivity index (χ0n) is 16.6. The standard InChI is InChI=1S/C25H34P2/c1-2-4-23(25-22-9-18-6-19(10-22)15-27(25)14-18)20(3-1)11-24-21-7-16-5-17(8-21)13-26(24)12-16/h1-4,16-19,21-22,24-25H,5-15H2. The van der Waals surface area contributed by atoms with Crippen LogP contribution in [-0.2, 0) is 6.42 Å². The first kappa shape index (κ1) is 16.8. The Labute approximate surface area is 167 Å². The molecule has 6 unspecified atom stereocenters. The van der Waals surface area contributed by atoms with Crippen molar-refractivity contribution in [2.24, 2.45) is 35.5 Å². The molecular weight excluding hydrogens is 362 g/mol. The van der Waals surface area contributed by atoms with Gasteiger partial charge in [-0.15, -0.1) is 7.92 Å². The zero-order valence-corrected chi connectivity index (χ0v) is 18.4. The predicted octanol–water partition coefficient (Wildman–Crippen LogP) is 6.72. The van der Waals surface area contributed by atoms with Crippen LogP contribution in [0.1, 0.15) is 55.3 Å². The molecule has 0 N–H and O–H groups in total. The van der Waals surface area contributed by atoms with Gasteiger partial charge in [-0.05, 0) is 122 Å². The topological polar surface area (TPSA) is 0 Å². The van der Waals surface area contributed by atoms with Gasteiger partial charge in [-0.25, -0.2) is 0 Å². The van der Waals surface area contributed by atoms with Crippen LogP contribution in [0.5, 0.6) is 0 Å². The van der Waals surface area contributed by atoms with Gasteiger partial charge in [0, 0.05) is 5.66 Å². The van der Waals surface area contributed by atoms with Crippen molar-refractivity contribution in [1.82, 2.24) is 0 Å². The van der Waals surface area contributed by atoms with Crippen molar-refractivity contribution in [2.45, 2.75) is 56.3 Å². The van der Waals surface area contributed by atoms with E-state index in [0.29, 0.717) is 15.8 Å². The van der Waals surface area contributed by atoms with Gasteiger partial charge < -0.3 is 0 Å². The van der Waals surface area contributed by atoms with Crippen LogP contribution in [0.25, 0.3) is 0 Å². The van der Waals surface area contributed by atoms with E-state index in [0.717, 1.165) is 46.8 Å². The molecule has 6 saturated heterocycles. The average Bonchev–Trinajstić information content (AvgIpc) is 2.64. The lowest BCUT2D eigenvalue weighted by Gasteiger charge is -2.56. The number of benzene rings is 1. The van der Waals surface area contributed by atoms with Gasteiger partial charge in [-0.1, -0.05) is 32.2 Å². The van der Waals surface area contributed by atoms with E-state index >= 15 is 0 Å². The third-order valence-electron chi connectivity index (χ3n) is 9.50. The Balaban J connectivity index is 1.19. The molecule has 6 atom stereocenters. The summed E-state index contributed by atoms with van der Waals surface area (Å²) in [6.07, 6.45) is 17.6. The molecule has 27 heavy (non-hydrogen) atoms. The summed E-state index contributed by atoms with van der Waals surface area (Å²) in [4.78, 5) is 0. The van der Waals surface area contributed by atoms with Crippen LogP contribution in [0, 0.1) is 35.5 Å². The van der Waals surface area contributed by atoms with Gasteiger partial charge in [0.1, 0.15) is 0 Å². The van der Waals surface area contributed by atoms with E-state index in [2.05, 4.69) is 24.3 Å². The van der Waals surface area contributed by atoms with Crippen molar-refractivity contribution in [3.63, 3.8) is 0 Å². The molecule has 2 heteroatoms. The van der Waals surface area contributed by atoms with Crippen LogP contribution in [-0.4, -0.2) is 30.3 Å². The molecule has 0 spiro atoms. The van der Waals surface area contributed by atoms with Gasteiger partial charge in [0.15, 0.2) is 0 Å². The summed E-state index contributed by atoms with van der Waals surface area (Å²) < 4.78 is 0. The van der Waals surface area contributed by atoms with E-state index in [1.54, 1.807) is 63.2 Å². The lowest BCUT2D eigenvalue weighted by Crippen LogP contribution is -2.45. The smallest absolute Gasteiger partial charge is 0.00732 e. The first-order valence-electron chi connectivity index (χ1n) is 11.9. The molecule has 0 radical (unpaired) electrons. The molecule has 1 aromatic rings. The van der Waals surface area contributed by atoms with Crippen molar-refractivity contribution in [2.75, 3.05) is 24.6 Å². The largest absolute Gasteiger partial charge is 0.102 e. The highest BCUT2D eigenvalue weighted by Crippen LogP contribution is 2.71. The fourth-order valence-corrected chi connectivity index (χ4v) is 16.9. The SMILES string of the molecule is c1ccc(C2C3CC4CC(C3)CP2C4)c(CC2C3CC4CC(C3)CP2C4)c1. The average molecular weight is 396 g/mol. The van der Waals surface area contributed by atoms with Gasteiger partial charge in [0.2, 0.25) is 0 Å². The second kappa shape index (κ2) is 6.29. The molecular formula is C25H34P2. The first-order chi connectivity index (χ1) is 13.3. The van der Waals surface area contributed by atoms with Crippen molar-refractivity contribution in [1.29, 1.82) is 0 Å². The van der Waals surface area contributed by atoms with Gasteiger partial charge in [0.05, 0.1) is 0 Å². The minimum atomic E-state index is 0.303. The van der Waals surface area contributed by atoms with E-state index in [1.807, 2.05) is 11.1 Å². The molecule has 2 aliphatic carbocycles. The summed E-state index contributed by atoms with van der Waals surface area (Å²) in [5.41, 5.74) is 5.77. The van der Waals surface area contributed by atoms with Gasteiger partial charge in [-0.3, -0.25) is 0 Å². The van der Waals surface area contributed by atoms with Crippen LogP contribution < -0.4 is 0 Å². The van der Waals surface area contributed by atoms with Crippen LogP contribution in [0.3, 0.4) is 0 Å². The van der Waals surface area contributed by atoms with E-state index < -0.39 is 0 Å². The Kier molecular flexibility index (Phi) is 3.92. The monoisotopic (exact) mass is 396 g/mol. The molecule has 6 aliphatic heterocycles. The van der Waals surface area contributed by atoms with Crippen molar-refractivity contribution < 1.29 is 0 Å². The van der Waals surface area contributed by atoms with Crippen molar-refractivity contribution in [3.05, 3.63) is 35.4 Å². The zero-order chi connectivity index (χ0) is 17.5. The summed E-state index contributed by atoms with van der Waals surface area (Å²) in [5.74, 6) is 6.73. The predicted molar refractivity (Wildman–Crippen MR) is 119 cm³/mol. The Morgan fingerprint density at radius 1 is 0.667 bits per heavy atom. The molecule has 0 nitrogen and oxygen atoms in total. The third-order valence-corrected chi connectivity index (χ3v) is 16.5. The highest BCUT2D eigenvalue weighted by atomic mass is 31.1. The summed E-state index contributed by atoms with van der Waals surface area (Å²) in [6, 6.07) is 9.90.